The zero-order valence-electron chi connectivity index (χ0n) is 20.6. The van der Waals surface area contributed by atoms with Gasteiger partial charge in [0, 0.05) is 18.3 Å². The van der Waals surface area contributed by atoms with Crippen LogP contribution in [0.5, 0.6) is 0 Å². The molecular formula is C27H37NO7. The van der Waals surface area contributed by atoms with Crippen molar-refractivity contribution in [1.29, 1.82) is 0 Å². The Labute approximate surface area is 205 Å². The summed E-state index contributed by atoms with van der Waals surface area (Å²) < 4.78 is 6.06. The molecule has 5 rings (SSSR count). The molecule has 1 aromatic heterocycles. The van der Waals surface area contributed by atoms with E-state index in [1.54, 1.807) is 25.3 Å². The van der Waals surface area contributed by atoms with E-state index in [1.807, 2.05) is 6.08 Å². The van der Waals surface area contributed by atoms with Crippen LogP contribution >= 0.6 is 0 Å². The summed E-state index contributed by atoms with van der Waals surface area (Å²) in [4.78, 5) is 17.2. The molecule has 0 aliphatic heterocycles. The molecular weight excluding hydrogens is 450 g/mol. The number of carbonyl (C=O) groups is 1. The summed E-state index contributed by atoms with van der Waals surface area (Å²) in [5.41, 5.74) is -5.94. The van der Waals surface area contributed by atoms with Gasteiger partial charge in [0.25, 0.3) is 0 Å². The first kappa shape index (κ1) is 24.8. The van der Waals surface area contributed by atoms with Gasteiger partial charge in [-0.25, -0.2) is 4.79 Å². The molecule has 0 aromatic carbocycles. The Hall–Kier alpha value is -1.84. The van der Waals surface area contributed by atoms with Crippen LogP contribution in [0, 0.1) is 16.7 Å². The molecule has 0 amide bonds. The summed E-state index contributed by atoms with van der Waals surface area (Å²) in [5, 5.41) is 57.6. The monoisotopic (exact) mass is 487 g/mol. The van der Waals surface area contributed by atoms with E-state index in [0.717, 1.165) is 5.57 Å². The van der Waals surface area contributed by atoms with Crippen LogP contribution in [0.15, 0.2) is 36.2 Å². The molecule has 0 spiro atoms. The van der Waals surface area contributed by atoms with Crippen LogP contribution < -0.4 is 0 Å². The Morgan fingerprint density at radius 1 is 1.20 bits per heavy atom. The molecule has 8 heteroatoms. The third kappa shape index (κ3) is 3.04. The number of nitrogens with zero attached hydrogens (tertiary/aromatic N) is 1. The van der Waals surface area contributed by atoms with Crippen molar-refractivity contribution in [1.82, 2.24) is 4.98 Å². The van der Waals surface area contributed by atoms with Crippen molar-refractivity contribution in [2.45, 2.75) is 101 Å². The highest BCUT2D eigenvalue weighted by molar-refractivity contribution is 5.89. The van der Waals surface area contributed by atoms with Gasteiger partial charge in [0.2, 0.25) is 0 Å². The smallest absolute Gasteiger partial charge is 0.339 e. The molecule has 35 heavy (non-hydrogen) atoms. The maximum absolute atomic E-state index is 13.2. The van der Waals surface area contributed by atoms with E-state index in [1.165, 1.54) is 13.1 Å². The lowest BCUT2D eigenvalue weighted by Crippen LogP contribution is -2.78. The first-order valence-corrected chi connectivity index (χ1v) is 12.7. The Morgan fingerprint density at radius 3 is 2.60 bits per heavy atom. The van der Waals surface area contributed by atoms with Crippen LogP contribution in [0.2, 0.25) is 0 Å². The second kappa shape index (κ2) is 7.83. The first-order valence-electron chi connectivity index (χ1n) is 12.7. The van der Waals surface area contributed by atoms with Gasteiger partial charge in [-0.3, -0.25) is 4.98 Å². The molecule has 5 N–H and O–H groups in total. The number of hydrogen-bond acceptors (Lipinski definition) is 8. The van der Waals surface area contributed by atoms with Gasteiger partial charge in [0.05, 0.1) is 23.2 Å². The zero-order valence-corrected chi connectivity index (χ0v) is 20.6. The van der Waals surface area contributed by atoms with Crippen molar-refractivity contribution in [3.8, 4) is 0 Å². The summed E-state index contributed by atoms with van der Waals surface area (Å²) in [6, 6.07) is 3.21. The van der Waals surface area contributed by atoms with Crippen LogP contribution in [0.1, 0.15) is 76.1 Å². The average molecular weight is 488 g/mol. The average Bonchev–Trinajstić information content (AvgIpc) is 3.06. The number of aliphatic hydroxyl groups is 5. The van der Waals surface area contributed by atoms with E-state index in [0.29, 0.717) is 19.3 Å². The number of aliphatic hydroxyl groups excluding tert-OH is 2. The molecule has 9 atom stereocenters. The van der Waals surface area contributed by atoms with Crippen molar-refractivity contribution in [2.75, 3.05) is 0 Å². The Morgan fingerprint density at radius 2 is 1.94 bits per heavy atom. The van der Waals surface area contributed by atoms with Crippen molar-refractivity contribution < 1.29 is 35.1 Å². The van der Waals surface area contributed by atoms with E-state index in [-0.39, 0.29) is 31.2 Å². The largest absolute Gasteiger partial charge is 0.458 e. The van der Waals surface area contributed by atoms with Gasteiger partial charge in [-0.05, 0) is 69.4 Å². The Balaban J connectivity index is 1.64. The van der Waals surface area contributed by atoms with Crippen LogP contribution in [0.25, 0.3) is 0 Å². The molecule has 3 fully saturated rings. The fourth-order valence-electron chi connectivity index (χ4n) is 8.19. The summed E-state index contributed by atoms with van der Waals surface area (Å²) in [5.74, 6) is -1.10. The first-order chi connectivity index (χ1) is 16.3. The number of aromatic nitrogens is 1. The third-order valence-corrected chi connectivity index (χ3v) is 10.5. The van der Waals surface area contributed by atoms with Gasteiger partial charge in [-0.15, -0.1) is 0 Å². The third-order valence-electron chi connectivity index (χ3n) is 10.5. The molecule has 3 saturated carbocycles. The molecule has 9 unspecified atom stereocenters. The maximum atomic E-state index is 13.2. The van der Waals surface area contributed by atoms with Gasteiger partial charge in [-0.2, -0.15) is 0 Å². The van der Waals surface area contributed by atoms with Crippen LogP contribution in [-0.4, -0.2) is 71.6 Å². The highest BCUT2D eigenvalue weighted by atomic mass is 16.5. The van der Waals surface area contributed by atoms with Gasteiger partial charge >= 0.3 is 5.97 Å². The molecule has 1 heterocycles. The molecule has 192 valence electrons. The quantitative estimate of drug-likeness (QED) is 0.322. The lowest BCUT2D eigenvalue weighted by molar-refractivity contribution is -0.324. The fourth-order valence-corrected chi connectivity index (χ4v) is 8.19. The van der Waals surface area contributed by atoms with Gasteiger partial charge in [0.1, 0.15) is 22.9 Å². The molecule has 0 saturated heterocycles. The maximum Gasteiger partial charge on any atom is 0.339 e. The van der Waals surface area contributed by atoms with E-state index in [9.17, 15) is 30.3 Å². The summed E-state index contributed by atoms with van der Waals surface area (Å²) >= 11 is 0. The lowest BCUT2D eigenvalue weighted by Gasteiger charge is -2.67. The molecule has 0 bridgehead atoms. The second-order valence-electron chi connectivity index (χ2n) is 11.8. The summed E-state index contributed by atoms with van der Waals surface area (Å²) in [6.45, 7) is 5.16. The predicted octanol–water partition coefficient (Wildman–Crippen LogP) is 1.88. The van der Waals surface area contributed by atoms with Crippen molar-refractivity contribution in [2.24, 2.45) is 16.7 Å². The highest BCUT2D eigenvalue weighted by Crippen LogP contribution is 2.71. The minimum absolute atomic E-state index is 0.0552. The normalized spacial score (nSPS) is 47.7. The number of rotatable bonds is 3. The van der Waals surface area contributed by atoms with E-state index in [2.05, 4.69) is 11.9 Å². The minimum atomic E-state index is -1.82. The van der Waals surface area contributed by atoms with Crippen molar-refractivity contribution >= 4 is 5.97 Å². The predicted molar refractivity (Wildman–Crippen MR) is 126 cm³/mol. The summed E-state index contributed by atoms with van der Waals surface area (Å²) in [6.07, 6.45) is 4.45. The number of hydrogen-bond donors (Lipinski definition) is 5. The molecule has 4 aliphatic carbocycles. The van der Waals surface area contributed by atoms with E-state index >= 15 is 0 Å². The van der Waals surface area contributed by atoms with Crippen LogP contribution in [0.3, 0.4) is 0 Å². The van der Waals surface area contributed by atoms with Gasteiger partial charge < -0.3 is 30.3 Å². The topological polar surface area (TPSA) is 140 Å². The fraction of sp³-hybridized carbons (Fsp3) is 0.704. The van der Waals surface area contributed by atoms with Crippen molar-refractivity contribution in [3.63, 3.8) is 0 Å². The highest BCUT2D eigenvalue weighted by Gasteiger charge is 2.81. The Kier molecular flexibility index (Phi) is 5.55. The second-order valence-corrected chi connectivity index (χ2v) is 11.8. The molecule has 1 aromatic rings. The number of ether oxygens (including phenoxy) is 1. The van der Waals surface area contributed by atoms with Crippen LogP contribution in [0.4, 0.5) is 0 Å². The molecule has 8 nitrogen and oxygen atoms in total. The number of carbonyl (C=O) groups excluding carboxylic acids is 1. The van der Waals surface area contributed by atoms with Gasteiger partial charge in [0.15, 0.2) is 0 Å². The van der Waals surface area contributed by atoms with Crippen molar-refractivity contribution in [3.05, 3.63) is 41.7 Å². The number of pyridine rings is 1. The van der Waals surface area contributed by atoms with E-state index in [4.69, 9.17) is 4.74 Å². The number of esters is 1. The lowest BCUT2D eigenvalue weighted by atomic mass is 9.42. The van der Waals surface area contributed by atoms with Crippen LogP contribution in [-0.2, 0) is 4.74 Å². The SMILES string of the molecule is CC(O)C1(O)CCC2(O)C3(O)CC=C4CC(O)CCC4(C)C3CC(OC(=O)c3cccnc3)C12C. The minimum Gasteiger partial charge on any atom is -0.458 e. The standard InChI is InChI=1S/C27H37NO7/c1-16(29)25(32)10-11-27(34)24(25,3)21(35-22(31)17-5-4-12-28-15-17)14-20-23(2)8-7-19(30)13-18(23)6-9-26(20,27)33/h4-6,12,15-16,19-21,29-30,32-34H,7-11,13-14H2,1-3H3. The Bertz CT molecular complexity index is 1050. The summed E-state index contributed by atoms with van der Waals surface area (Å²) in [7, 11) is 0. The van der Waals surface area contributed by atoms with E-state index < -0.39 is 57.8 Å². The molecule has 0 radical (unpaired) electrons. The zero-order chi connectivity index (χ0) is 25.4. The molecule has 4 aliphatic rings. The number of fused-ring (bicyclic) bond motifs is 5. The van der Waals surface area contributed by atoms with Gasteiger partial charge in [-0.1, -0.05) is 25.5 Å².